The number of nitrogens with zero attached hydrogens (tertiary/aromatic N) is 2. The monoisotopic (exact) mass is 463 g/mol. The summed E-state index contributed by atoms with van der Waals surface area (Å²) in [7, 11) is -3.57. The van der Waals surface area contributed by atoms with Crippen LogP contribution < -0.4 is 5.32 Å². The number of amides is 1. The molecule has 0 saturated carbocycles. The number of anilines is 1. The average Bonchev–Trinajstić information content (AvgIpc) is 3.32. The first-order valence-corrected chi connectivity index (χ1v) is 13.0. The Hall–Kier alpha value is -2.90. The minimum absolute atomic E-state index is 0.108. The standard InChI is InChI=1S/C26H29N3O3S/c30-26(28-15-14-24(19-28)27-23-8-2-1-3-9-23)21-12-16-29(17-13-21)33(31,32)25-11-10-20-6-4-5-7-22(20)18-25/h1-11,18,21,24,27H,12-17,19H2. The van der Waals surface area contributed by atoms with Crippen molar-refractivity contribution in [3.63, 3.8) is 0 Å². The number of benzene rings is 3. The lowest BCUT2D eigenvalue weighted by molar-refractivity contribution is -0.135. The van der Waals surface area contributed by atoms with Crippen LogP contribution in [0.4, 0.5) is 5.69 Å². The molecule has 2 aliphatic rings. The van der Waals surface area contributed by atoms with Crippen LogP contribution in [0, 0.1) is 5.92 Å². The maximum absolute atomic E-state index is 13.2. The largest absolute Gasteiger partial charge is 0.380 e. The molecule has 0 radical (unpaired) electrons. The molecule has 0 bridgehead atoms. The molecule has 2 saturated heterocycles. The molecule has 1 N–H and O–H groups in total. The van der Waals surface area contributed by atoms with Gasteiger partial charge in [-0.05, 0) is 54.3 Å². The van der Waals surface area contributed by atoms with Gasteiger partial charge in [-0.2, -0.15) is 4.31 Å². The van der Waals surface area contributed by atoms with Crippen molar-refractivity contribution in [2.75, 3.05) is 31.5 Å². The molecule has 5 rings (SSSR count). The summed E-state index contributed by atoms with van der Waals surface area (Å²) >= 11 is 0. The van der Waals surface area contributed by atoms with Crippen molar-refractivity contribution in [3.8, 4) is 0 Å². The fourth-order valence-corrected chi connectivity index (χ4v) is 6.43. The molecule has 2 aliphatic heterocycles. The van der Waals surface area contributed by atoms with Gasteiger partial charge in [-0.3, -0.25) is 4.79 Å². The summed E-state index contributed by atoms with van der Waals surface area (Å²) in [5.74, 6) is 0.0543. The van der Waals surface area contributed by atoms with E-state index in [2.05, 4.69) is 5.32 Å². The second kappa shape index (κ2) is 9.15. The lowest BCUT2D eigenvalue weighted by Crippen LogP contribution is -2.44. The van der Waals surface area contributed by atoms with Gasteiger partial charge in [-0.1, -0.05) is 48.5 Å². The van der Waals surface area contributed by atoms with Crippen molar-refractivity contribution in [1.82, 2.24) is 9.21 Å². The molecule has 3 aromatic rings. The third kappa shape index (κ3) is 4.61. The first-order valence-electron chi connectivity index (χ1n) is 11.6. The molecule has 33 heavy (non-hydrogen) atoms. The van der Waals surface area contributed by atoms with Crippen LogP contribution in [0.15, 0.2) is 77.7 Å². The highest BCUT2D eigenvalue weighted by atomic mass is 32.2. The van der Waals surface area contributed by atoms with E-state index in [1.807, 2.05) is 65.6 Å². The summed E-state index contributed by atoms with van der Waals surface area (Å²) in [6.07, 6.45) is 2.06. The van der Waals surface area contributed by atoms with E-state index in [1.54, 1.807) is 12.1 Å². The number of hydrogen-bond donors (Lipinski definition) is 1. The van der Waals surface area contributed by atoms with Crippen LogP contribution in [0.1, 0.15) is 19.3 Å². The fourth-order valence-electron chi connectivity index (χ4n) is 4.93. The van der Waals surface area contributed by atoms with Gasteiger partial charge in [-0.15, -0.1) is 0 Å². The number of sulfonamides is 1. The van der Waals surface area contributed by atoms with E-state index in [0.29, 0.717) is 37.4 Å². The SMILES string of the molecule is O=C(C1CCN(S(=O)(=O)c2ccc3ccccc3c2)CC1)N1CCC(Nc2ccccc2)C1. The molecule has 6 nitrogen and oxygen atoms in total. The Balaban J connectivity index is 1.18. The van der Waals surface area contributed by atoms with Gasteiger partial charge in [0.2, 0.25) is 15.9 Å². The van der Waals surface area contributed by atoms with Crippen molar-refractivity contribution in [1.29, 1.82) is 0 Å². The summed E-state index contributed by atoms with van der Waals surface area (Å²) in [6.45, 7) is 2.21. The lowest BCUT2D eigenvalue weighted by Gasteiger charge is -2.32. The molecule has 1 amide bonds. The second-order valence-electron chi connectivity index (χ2n) is 8.97. The van der Waals surface area contributed by atoms with Crippen LogP contribution in [0.3, 0.4) is 0 Å². The number of nitrogens with one attached hydrogen (secondary N) is 1. The van der Waals surface area contributed by atoms with Gasteiger partial charge in [0.05, 0.1) is 4.90 Å². The Morgan fingerprint density at radius 3 is 2.27 bits per heavy atom. The molecule has 0 aromatic heterocycles. The minimum atomic E-state index is -3.57. The molecule has 172 valence electrons. The van der Waals surface area contributed by atoms with Gasteiger partial charge in [0.25, 0.3) is 0 Å². The van der Waals surface area contributed by atoms with Gasteiger partial charge in [0, 0.05) is 43.8 Å². The summed E-state index contributed by atoms with van der Waals surface area (Å²) in [6, 6.07) is 23.3. The zero-order chi connectivity index (χ0) is 22.8. The van der Waals surface area contributed by atoms with Gasteiger partial charge in [-0.25, -0.2) is 8.42 Å². The quantitative estimate of drug-likeness (QED) is 0.622. The van der Waals surface area contributed by atoms with Crippen LogP contribution >= 0.6 is 0 Å². The highest BCUT2D eigenvalue weighted by Crippen LogP contribution is 2.28. The molecular formula is C26H29N3O3S. The number of carbonyl (C=O) groups excluding carboxylic acids is 1. The predicted octanol–water partition coefficient (Wildman–Crippen LogP) is 3.95. The van der Waals surface area contributed by atoms with Crippen LogP contribution in [-0.2, 0) is 14.8 Å². The van der Waals surface area contributed by atoms with Gasteiger partial charge in [0.1, 0.15) is 0 Å². The van der Waals surface area contributed by atoms with E-state index >= 15 is 0 Å². The van der Waals surface area contributed by atoms with Crippen molar-refractivity contribution < 1.29 is 13.2 Å². The maximum atomic E-state index is 13.2. The van der Waals surface area contributed by atoms with Crippen molar-refractivity contribution >= 4 is 32.4 Å². The van der Waals surface area contributed by atoms with Crippen molar-refractivity contribution in [2.24, 2.45) is 5.92 Å². The number of para-hydroxylation sites is 1. The molecule has 2 heterocycles. The Labute approximate surface area is 195 Å². The van der Waals surface area contributed by atoms with Crippen LogP contribution in [0.5, 0.6) is 0 Å². The number of hydrogen-bond acceptors (Lipinski definition) is 4. The van der Waals surface area contributed by atoms with Gasteiger partial charge < -0.3 is 10.2 Å². The summed E-state index contributed by atoms with van der Waals surface area (Å²) in [4.78, 5) is 15.4. The number of piperidine rings is 1. The maximum Gasteiger partial charge on any atom is 0.243 e. The molecule has 0 aliphatic carbocycles. The van der Waals surface area contributed by atoms with Crippen molar-refractivity contribution in [3.05, 3.63) is 72.8 Å². The Kier molecular flexibility index (Phi) is 6.08. The number of carbonyl (C=O) groups is 1. The Morgan fingerprint density at radius 2 is 1.52 bits per heavy atom. The van der Waals surface area contributed by atoms with E-state index in [4.69, 9.17) is 0 Å². The van der Waals surface area contributed by atoms with Crippen LogP contribution in [-0.4, -0.2) is 55.8 Å². The fraction of sp³-hybridized carbons (Fsp3) is 0.346. The predicted molar refractivity (Wildman–Crippen MR) is 130 cm³/mol. The first kappa shape index (κ1) is 21.9. The van der Waals surface area contributed by atoms with Crippen LogP contribution in [0.2, 0.25) is 0 Å². The molecular weight excluding hydrogens is 434 g/mol. The zero-order valence-electron chi connectivity index (χ0n) is 18.6. The van der Waals surface area contributed by atoms with E-state index in [-0.39, 0.29) is 17.9 Å². The third-order valence-electron chi connectivity index (χ3n) is 6.81. The zero-order valence-corrected chi connectivity index (χ0v) is 19.4. The number of likely N-dealkylation sites (tertiary alicyclic amines) is 1. The topological polar surface area (TPSA) is 69.7 Å². The molecule has 0 spiro atoms. The second-order valence-corrected chi connectivity index (χ2v) is 10.9. The highest BCUT2D eigenvalue weighted by Gasteiger charge is 2.36. The van der Waals surface area contributed by atoms with Crippen molar-refractivity contribution in [2.45, 2.75) is 30.2 Å². The van der Waals surface area contributed by atoms with Gasteiger partial charge >= 0.3 is 0 Å². The van der Waals surface area contributed by atoms with Crippen LogP contribution in [0.25, 0.3) is 10.8 Å². The van der Waals surface area contributed by atoms with E-state index in [1.165, 1.54) is 4.31 Å². The van der Waals surface area contributed by atoms with Gasteiger partial charge in [0.15, 0.2) is 0 Å². The normalized spacial score (nSPS) is 20.2. The minimum Gasteiger partial charge on any atom is -0.380 e. The smallest absolute Gasteiger partial charge is 0.243 e. The average molecular weight is 464 g/mol. The summed E-state index contributed by atoms with van der Waals surface area (Å²) in [5.41, 5.74) is 1.07. The number of rotatable bonds is 5. The molecule has 7 heteroatoms. The van der Waals surface area contributed by atoms with E-state index < -0.39 is 10.0 Å². The summed E-state index contributed by atoms with van der Waals surface area (Å²) < 4.78 is 27.9. The Bertz CT molecular complexity index is 1240. The molecule has 1 atom stereocenters. The highest BCUT2D eigenvalue weighted by molar-refractivity contribution is 7.89. The summed E-state index contributed by atoms with van der Waals surface area (Å²) in [5, 5.41) is 5.44. The molecule has 3 aromatic carbocycles. The first-order chi connectivity index (χ1) is 16.0. The Morgan fingerprint density at radius 1 is 0.818 bits per heavy atom. The molecule has 1 unspecified atom stereocenters. The third-order valence-corrected chi connectivity index (χ3v) is 8.70. The lowest BCUT2D eigenvalue weighted by atomic mass is 9.96. The van der Waals surface area contributed by atoms with E-state index in [9.17, 15) is 13.2 Å². The number of fused-ring (bicyclic) bond motifs is 1. The molecule has 2 fully saturated rings. The van der Waals surface area contributed by atoms with E-state index in [0.717, 1.165) is 29.4 Å².